The molecule has 0 aliphatic carbocycles. The average molecular weight is 367 g/mol. The van der Waals surface area contributed by atoms with Crippen LogP contribution in [0.2, 0.25) is 0 Å². The molecule has 3 rings (SSSR count). The summed E-state index contributed by atoms with van der Waals surface area (Å²) >= 11 is 0. The first kappa shape index (κ1) is 18.5. The van der Waals surface area contributed by atoms with E-state index in [9.17, 15) is 4.79 Å². The molecule has 1 aromatic carbocycles. The van der Waals surface area contributed by atoms with Gasteiger partial charge < -0.3 is 15.7 Å². The van der Waals surface area contributed by atoms with Crippen LogP contribution in [0.5, 0.6) is 0 Å². The number of hydrogen-bond acceptors (Lipinski definition) is 7. The Morgan fingerprint density at radius 3 is 2.93 bits per heavy atom. The summed E-state index contributed by atoms with van der Waals surface area (Å²) in [6, 6.07) is 8.92. The number of nitrogens with one attached hydrogen (secondary N) is 2. The van der Waals surface area contributed by atoms with Gasteiger partial charge >= 0.3 is 0 Å². The van der Waals surface area contributed by atoms with Crippen molar-refractivity contribution in [3.63, 3.8) is 0 Å². The fourth-order valence-electron chi connectivity index (χ4n) is 2.58. The molecule has 1 amide bonds. The van der Waals surface area contributed by atoms with Crippen LogP contribution in [0, 0.1) is 0 Å². The normalized spacial score (nSPS) is 11.8. The number of aromatic nitrogens is 5. The zero-order valence-corrected chi connectivity index (χ0v) is 14.9. The van der Waals surface area contributed by atoms with Crippen molar-refractivity contribution in [2.75, 3.05) is 18.5 Å². The molecule has 140 valence electrons. The summed E-state index contributed by atoms with van der Waals surface area (Å²) in [6.45, 7) is 2.87. The van der Waals surface area contributed by atoms with Crippen LogP contribution in [0.1, 0.15) is 17.3 Å². The first-order chi connectivity index (χ1) is 13.2. The van der Waals surface area contributed by atoms with Crippen molar-refractivity contribution in [1.82, 2.24) is 30.0 Å². The fraction of sp³-hybridized carbons (Fsp3) is 0.278. The molecule has 0 aliphatic rings. The van der Waals surface area contributed by atoms with Crippen LogP contribution in [0.15, 0.2) is 49.3 Å². The van der Waals surface area contributed by atoms with Crippen molar-refractivity contribution in [1.29, 1.82) is 0 Å². The lowest BCUT2D eigenvalue weighted by Crippen LogP contribution is -2.35. The first-order valence-corrected chi connectivity index (χ1v) is 8.56. The molecule has 0 aliphatic heterocycles. The maximum atomic E-state index is 12.5. The molecule has 0 saturated heterocycles. The summed E-state index contributed by atoms with van der Waals surface area (Å²) in [6.07, 6.45) is 4.52. The second-order valence-corrected chi connectivity index (χ2v) is 6.01. The maximum absolute atomic E-state index is 12.5. The number of aliphatic hydroxyl groups excluding tert-OH is 1. The molecule has 9 nitrogen and oxygen atoms in total. The highest BCUT2D eigenvalue weighted by Gasteiger charge is 2.12. The summed E-state index contributed by atoms with van der Waals surface area (Å²) in [7, 11) is 0. The van der Waals surface area contributed by atoms with E-state index in [1.54, 1.807) is 29.2 Å². The van der Waals surface area contributed by atoms with Gasteiger partial charge in [-0.05, 0) is 19.1 Å². The topological polar surface area (TPSA) is 118 Å². The number of anilines is 1. The Labute approximate surface area is 156 Å². The zero-order valence-electron chi connectivity index (χ0n) is 14.9. The summed E-state index contributed by atoms with van der Waals surface area (Å²) < 4.78 is 1.67. The van der Waals surface area contributed by atoms with E-state index < -0.39 is 0 Å². The van der Waals surface area contributed by atoms with Gasteiger partial charge in [0.2, 0.25) is 0 Å². The third-order valence-electron chi connectivity index (χ3n) is 3.81. The molecule has 9 heteroatoms. The lowest BCUT2D eigenvalue weighted by Gasteiger charge is -2.14. The summed E-state index contributed by atoms with van der Waals surface area (Å²) in [5.74, 6) is 0.447. The van der Waals surface area contributed by atoms with Gasteiger partial charge in [0, 0.05) is 29.8 Å². The lowest BCUT2D eigenvalue weighted by molar-refractivity contribution is 0.0936. The highest BCUT2D eigenvalue weighted by Crippen LogP contribution is 2.20. The molecule has 27 heavy (non-hydrogen) atoms. The van der Waals surface area contributed by atoms with Gasteiger partial charge in [0.25, 0.3) is 5.91 Å². The number of carbonyl (C=O) groups is 1. The van der Waals surface area contributed by atoms with Crippen molar-refractivity contribution in [3.8, 4) is 11.3 Å². The molecular formula is C18H21N7O2. The number of amides is 1. The Kier molecular flexibility index (Phi) is 6.06. The van der Waals surface area contributed by atoms with E-state index in [1.807, 2.05) is 19.1 Å². The number of aliphatic hydroxyl groups is 1. The molecule has 0 radical (unpaired) electrons. The van der Waals surface area contributed by atoms with E-state index in [4.69, 9.17) is 5.11 Å². The van der Waals surface area contributed by atoms with Crippen molar-refractivity contribution >= 4 is 11.7 Å². The van der Waals surface area contributed by atoms with Crippen molar-refractivity contribution in [3.05, 3.63) is 54.9 Å². The largest absolute Gasteiger partial charge is 0.395 e. The third-order valence-corrected chi connectivity index (χ3v) is 3.81. The summed E-state index contributed by atoms with van der Waals surface area (Å²) in [4.78, 5) is 24.8. The highest BCUT2D eigenvalue weighted by atomic mass is 16.3. The Morgan fingerprint density at radius 1 is 1.26 bits per heavy atom. The van der Waals surface area contributed by atoms with E-state index in [1.165, 1.54) is 12.7 Å². The van der Waals surface area contributed by atoms with Gasteiger partial charge in [-0.2, -0.15) is 5.10 Å². The lowest BCUT2D eigenvalue weighted by atomic mass is 10.1. The SMILES string of the molecule is CC(Cn1cncn1)NC(=O)c1cccc(-c2cc(NCCO)ncn2)c1. The Morgan fingerprint density at radius 2 is 2.15 bits per heavy atom. The average Bonchev–Trinajstić information content (AvgIpc) is 3.19. The molecule has 2 heterocycles. The predicted molar refractivity (Wildman–Crippen MR) is 100.0 cm³/mol. The Bertz CT molecular complexity index is 883. The van der Waals surface area contributed by atoms with Crippen LogP contribution in [-0.2, 0) is 6.54 Å². The van der Waals surface area contributed by atoms with Crippen LogP contribution in [0.25, 0.3) is 11.3 Å². The van der Waals surface area contributed by atoms with Gasteiger partial charge in [0.05, 0.1) is 18.8 Å². The smallest absolute Gasteiger partial charge is 0.251 e. The van der Waals surface area contributed by atoms with Crippen LogP contribution < -0.4 is 10.6 Å². The molecule has 1 unspecified atom stereocenters. The van der Waals surface area contributed by atoms with Gasteiger partial charge in [-0.3, -0.25) is 9.48 Å². The molecule has 0 fully saturated rings. The van der Waals surface area contributed by atoms with Gasteiger partial charge in [-0.1, -0.05) is 12.1 Å². The minimum atomic E-state index is -0.169. The molecule has 1 atom stereocenters. The van der Waals surface area contributed by atoms with E-state index in [0.717, 1.165) is 5.56 Å². The number of carbonyl (C=O) groups excluding carboxylic acids is 1. The van der Waals surface area contributed by atoms with Crippen LogP contribution in [-0.4, -0.2) is 54.9 Å². The highest BCUT2D eigenvalue weighted by molar-refractivity contribution is 5.95. The van der Waals surface area contributed by atoms with Gasteiger partial charge in [-0.25, -0.2) is 15.0 Å². The summed E-state index contributed by atoms with van der Waals surface area (Å²) in [5.41, 5.74) is 2.04. The Hall–Kier alpha value is -3.33. The number of benzene rings is 1. The second-order valence-electron chi connectivity index (χ2n) is 6.01. The van der Waals surface area contributed by atoms with Crippen LogP contribution in [0.3, 0.4) is 0 Å². The molecule has 3 N–H and O–H groups in total. The molecular weight excluding hydrogens is 346 g/mol. The number of hydrogen-bond donors (Lipinski definition) is 3. The van der Waals surface area contributed by atoms with Crippen molar-refractivity contribution in [2.45, 2.75) is 19.5 Å². The monoisotopic (exact) mass is 367 g/mol. The Balaban J connectivity index is 1.70. The minimum absolute atomic E-state index is 0.0156. The van der Waals surface area contributed by atoms with E-state index >= 15 is 0 Å². The van der Waals surface area contributed by atoms with E-state index in [0.29, 0.717) is 30.2 Å². The quantitative estimate of drug-likeness (QED) is 0.543. The van der Waals surface area contributed by atoms with Crippen LogP contribution >= 0.6 is 0 Å². The minimum Gasteiger partial charge on any atom is -0.395 e. The fourth-order valence-corrected chi connectivity index (χ4v) is 2.58. The van der Waals surface area contributed by atoms with Gasteiger partial charge in [0.1, 0.15) is 24.8 Å². The molecule has 0 bridgehead atoms. The number of nitrogens with zero attached hydrogens (tertiary/aromatic N) is 5. The van der Waals surface area contributed by atoms with E-state index in [-0.39, 0.29) is 18.6 Å². The molecule has 0 spiro atoms. The molecule has 0 saturated carbocycles. The zero-order chi connectivity index (χ0) is 19.1. The third kappa shape index (κ3) is 5.08. The molecule has 3 aromatic rings. The van der Waals surface area contributed by atoms with Gasteiger partial charge in [0.15, 0.2) is 0 Å². The van der Waals surface area contributed by atoms with E-state index in [2.05, 4.69) is 30.7 Å². The van der Waals surface area contributed by atoms with Gasteiger partial charge in [-0.15, -0.1) is 0 Å². The van der Waals surface area contributed by atoms with Crippen molar-refractivity contribution in [2.24, 2.45) is 0 Å². The van der Waals surface area contributed by atoms with Crippen molar-refractivity contribution < 1.29 is 9.90 Å². The van der Waals surface area contributed by atoms with Crippen LogP contribution in [0.4, 0.5) is 5.82 Å². The first-order valence-electron chi connectivity index (χ1n) is 8.56. The standard InChI is InChI=1S/C18H21N7O2/c1-13(9-25-12-19-10-23-25)24-18(27)15-4-2-3-14(7-15)16-8-17(20-5-6-26)22-11-21-16/h2-4,7-8,10-13,26H,5-6,9H2,1H3,(H,24,27)(H,20,21,22). The number of rotatable bonds is 8. The maximum Gasteiger partial charge on any atom is 0.251 e. The molecule has 2 aromatic heterocycles. The second kappa shape index (κ2) is 8.86. The summed E-state index contributed by atoms with van der Waals surface area (Å²) in [5, 5.41) is 18.9. The predicted octanol–water partition coefficient (Wildman–Crippen LogP) is 0.958.